The van der Waals surface area contributed by atoms with E-state index >= 15 is 0 Å². The molecule has 0 aliphatic carbocycles. The van der Waals surface area contributed by atoms with Gasteiger partial charge in [0.2, 0.25) is 0 Å². The summed E-state index contributed by atoms with van der Waals surface area (Å²) in [5.74, 6) is 0. The molecule has 0 fully saturated rings. The number of pyridine rings is 1. The van der Waals surface area contributed by atoms with Crippen LogP contribution in [0.1, 0.15) is 59.1 Å². The van der Waals surface area contributed by atoms with Gasteiger partial charge in [-0.1, -0.05) is 41.5 Å². The average molecular weight is 205 g/mol. The van der Waals surface area contributed by atoms with Crippen LogP contribution in [0.2, 0.25) is 0 Å². The van der Waals surface area contributed by atoms with Crippen molar-refractivity contribution < 1.29 is 0 Å². The van der Waals surface area contributed by atoms with Crippen LogP contribution in [0.4, 0.5) is 0 Å². The molecule has 0 spiro atoms. The molecule has 84 valence electrons. The lowest BCUT2D eigenvalue weighted by molar-refractivity contribution is 0.478. The normalized spacial score (nSPS) is 12.9. The smallest absolute Gasteiger partial charge is 0.0308 e. The van der Waals surface area contributed by atoms with E-state index in [9.17, 15) is 0 Å². The fourth-order valence-corrected chi connectivity index (χ4v) is 1.77. The molecule has 0 saturated carbocycles. The topological polar surface area (TPSA) is 12.9 Å². The lowest BCUT2D eigenvalue weighted by atomic mass is 9.74. The lowest BCUT2D eigenvalue weighted by Gasteiger charge is -2.31. The fraction of sp³-hybridized carbons (Fsp3) is 0.643. The number of hydrogen-bond acceptors (Lipinski definition) is 1. The summed E-state index contributed by atoms with van der Waals surface area (Å²) in [6, 6.07) is 2.17. The van der Waals surface area contributed by atoms with Gasteiger partial charge >= 0.3 is 0 Å². The summed E-state index contributed by atoms with van der Waals surface area (Å²) in [6.45, 7) is 13.6. The van der Waals surface area contributed by atoms with Gasteiger partial charge < -0.3 is 0 Å². The minimum Gasteiger partial charge on any atom is -0.264 e. The first-order chi connectivity index (χ1) is 6.79. The Hall–Kier alpha value is -0.850. The van der Waals surface area contributed by atoms with Crippen molar-refractivity contribution in [2.24, 2.45) is 0 Å². The Bertz CT molecular complexity index is 331. The Balaban J connectivity index is 3.31. The molecule has 0 amide bonds. The fourth-order valence-electron chi connectivity index (χ4n) is 1.77. The van der Waals surface area contributed by atoms with Crippen LogP contribution < -0.4 is 0 Å². The molecule has 0 saturated heterocycles. The van der Waals surface area contributed by atoms with Gasteiger partial charge in [-0.05, 0) is 34.4 Å². The summed E-state index contributed by atoms with van der Waals surface area (Å²) in [5, 5.41) is 0. The maximum absolute atomic E-state index is 4.26. The van der Waals surface area contributed by atoms with Crippen LogP contribution in [0.3, 0.4) is 0 Å². The van der Waals surface area contributed by atoms with E-state index in [1.807, 2.05) is 12.4 Å². The molecule has 0 aliphatic heterocycles. The largest absolute Gasteiger partial charge is 0.264 e. The van der Waals surface area contributed by atoms with Crippen LogP contribution in [0.15, 0.2) is 18.5 Å². The summed E-state index contributed by atoms with van der Waals surface area (Å²) in [7, 11) is 0. The summed E-state index contributed by atoms with van der Waals surface area (Å²) in [6.07, 6.45) is 5.08. The Morgan fingerprint density at radius 1 is 1.07 bits per heavy atom. The third-order valence-electron chi connectivity index (χ3n) is 3.24. The molecule has 0 aliphatic rings. The number of hydrogen-bond donors (Lipinski definition) is 0. The molecule has 0 bridgehead atoms. The molecule has 1 aromatic rings. The van der Waals surface area contributed by atoms with Crippen LogP contribution in [-0.2, 0) is 10.8 Å². The Kier molecular flexibility index (Phi) is 3.22. The molecule has 0 unspecified atom stereocenters. The zero-order valence-corrected chi connectivity index (χ0v) is 10.9. The predicted molar refractivity (Wildman–Crippen MR) is 66.3 cm³/mol. The first-order valence-electron chi connectivity index (χ1n) is 5.74. The number of rotatable bonds is 2. The number of aromatic nitrogens is 1. The molecule has 1 heteroatoms. The van der Waals surface area contributed by atoms with E-state index in [4.69, 9.17) is 0 Å². The monoisotopic (exact) mass is 205 g/mol. The first-order valence-corrected chi connectivity index (χ1v) is 5.74. The van der Waals surface area contributed by atoms with Crippen LogP contribution >= 0.6 is 0 Å². The van der Waals surface area contributed by atoms with Gasteiger partial charge in [0.15, 0.2) is 0 Å². The van der Waals surface area contributed by atoms with E-state index in [2.05, 4.69) is 52.6 Å². The average Bonchev–Trinajstić information content (AvgIpc) is 2.16. The van der Waals surface area contributed by atoms with E-state index in [1.165, 1.54) is 11.1 Å². The van der Waals surface area contributed by atoms with Crippen LogP contribution in [0.5, 0.6) is 0 Å². The summed E-state index contributed by atoms with van der Waals surface area (Å²) < 4.78 is 0. The molecular weight excluding hydrogens is 182 g/mol. The van der Waals surface area contributed by atoms with Gasteiger partial charge in [-0.2, -0.15) is 0 Å². The highest BCUT2D eigenvalue weighted by Crippen LogP contribution is 2.34. The molecule has 1 heterocycles. The predicted octanol–water partition coefficient (Wildman–Crippen LogP) is 4.07. The maximum atomic E-state index is 4.26. The SMILES string of the molecule is CCC(C)(C)c1ccncc1C(C)(C)C. The Morgan fingerprint density at radius 3 is 2.13 bits per heavy atom. The third-order valence-corrected chi connectivity index (χ3v) is 3.24. The molecule has 1 aromatic heterocycles. The molecule has 15 heavy (non-hydrogen) atoms. The lowest BCUT2D eigenvalue weighted by Crippen LogP contribution is -2.24. The summed E-state index contributed by atoms with van der Waals surface area (Å²) in [5.41, 5.74) is 3.23. The van der Waals surface area contributed by atoms with E-state index in [0.717, 1.165) is 6.42 Å². The minimum atomic E-state index is 0.177. The van der Waals surface area contributed by atoms with Crippen molar-refractivity contribution >= 4 is 0 Å². The van der Waals surface area contributed by atoms with Crippen molar-refractivity contribution in [2.45, 2.75) is 58.8 Å². The van der Waals surface area contributed by atoms with Gasteiger partial charge in [-0.3, -0.25) is 4.98 Å². The molecular formula is C14H23N. The molecule has 1 nitrogen and oxygen atoms in total. The highest BCUT2D eigenvalue weighted by molar-refractivity contribution is 5.35. The van der Waals surface area contributed by atoms with Crippen molar-refractivity contribution in [2.75, 3.05) is 0 Å². The molecule has 0 N–H and O–H groups in total. The van der Waals surface area contributed by atoms with Gasteiger partial charge in [0.05, 0.1) is 0 Å². The zero-order chi connectivity index (χ0) is 11.7. The number of nitrogens with zero attached hydrogens (tertiary/aromatic N) is 1. The van der Waals surface area contributed by atoms with Crippen LogP contribution in [0.25, 0.3) is 0 Å². The van der Waals surface area contributed by atoms with Crippen molar-refractivity contribution in [3.63, 3.8) is 0 Å². The molecule has 0 aromatic carbocycles. The highest BCUT2D eigenvalue weighted by atomic mass is 14.6. The van der Waals surface area contributed by atoms with Crippen molar-refractivity contribution in [3.8, 4) is 0 Å². The van der Waals surface area contributed by atoms with Gasteiger partial charge in [-0.25, -0.2) is 0 Å². The van der Waals surface area contributed by atoms with E-state index in [0.29, 0.717) is 0 Å². The molecule has 0 radical (unpaired) electrons. The van der Waals surface area contributed by atoms with Gasteiger partial charge in [0, 0.05) is 12.4 Å². The first kappa shape index (κ1) is 12.2. The minimum absolute atomic E-state index is 0.177. The van der Waals surface area contributed by atoms with E-state index in [1.54, 1.807) is 0 Å². The van der Waals surface area contributed by atoms with Crippen molar-refractivity contribution in [1.29, 1.82) is 0 Å². The molecule has 0 atom stereocenters. The second kappa shape index (κ2) is 3.96. The Labute approximate surface area is 93.9 Å². The van der Waals surface area contributed by atoms with Crippen molar-refractivity contribution in [3.05, 3.63) is 29.6 Å². The van der Waals surface area contributed by atoms with Crippen LogP contribution in [-0.4, -0.2) is 4.98 Å². The Morgan fingerprint density at radius 2 is 1.67 bits per heavy atom. The second-order valence-electron chi connectivity index (χ2n) is 5.91. The van der Waals surface area contributed by atoms with Gasteiger partial charge in [0.25, 0.3) is 0 Å². The standard InChI is InChI=1S/C14H23N/c1-7-14(5,6)11-8-9-15-10-12(11)13(2,3)4/h8-10H,7H2,1-6H3. The van der Waals surface area contributed by atoms with Gasteiger partial charge in [0.1, 0.15) is 0 Å². The molecule has 1 rings (SSSR count). The second-order valence-corrected chi connectivity index (χ2v) is 5.91. The highest BCUT2D eigenvalue weighted by Gasteiger charge is 2.26. The van der Waals surface area contributed by atoms with Gasteiger partial charge in [-0.15, -0.1) is 0 Å². The zero-order valence-electron chi connectivity index (χ0n) is 10.9. The third kappa shape index (κ3) is 2.58. The van der Waals surface area contributed by atoms with E-state index < -0.39 is 0 Å². The van der Waals surface area contributed by atoms with E-state index in [-0.39, 0.29) is 10.8 Å². The summed E-state index contributed by atoms with van der Waals surface area (Å²) >= 11 is 0. The maximum Gasteiger partial charge on any atom is 0.0308 e. The van der Waals surface area contributed by atoms with Crippen LogP contribution in [0, 0.1) is 0 Å². The summed E-state index contributed by atoms with van der Waals surface area (Å²) in [4.78, 5) is 4.26. The quantitative estimate of drug-likeness (QED) is 0.709. The van der Waals surface area contributed by atoms with Crippen molar-refractivity contribution in [1.82, 2.24) is 4.98 Å².